The van der Waals surface area contributed by atoms with Crippen molar-refractivity contribution in [3.8, 4) is 10.4 Å². The van der Waals surface area contributed by atoms with Gasteiger partial charge in [0.1, 0.15) is 4.88 Å². The molecule has 2 aromatic rings. The van der Waals surface area contributed by atoms with E-state index in [2.05, 4.69) is 38.5 Å². The van der Waals surface area contributed by atoms with Crippen LogP contribution in [0.25, 0.3) is 10.4 Å². The summed E-state index contributed by atoms with van der Waals surface area (Å²) in [5.74, 6) is -0.376. The lowest BCUT2D eigenvalue weighted by atomic mass is 10.1. The fourth-order valence-electron chi connectivity index (χ4n) is 1.96. The maximum atomic E-state index is 11.8. The van der Waals surface area contributed by atoms with Crippen LogP contribution in [0.15, 0.2) is 22.7 Å². The van der Waals surface area contributed by atoms with Crippen molar-refractivity contribution in [3.63, 3.8) is 0 Å². The lowest BCUT2D eigenvalue weighted by Crippen LogP contribution is -2.02. The topological polar surface area (TPSA) is 52.3 Å². The highest BCUT2D eigenvalue weighted by atomic mass is 127. The van der Waals surface area contributed by atoms with Crippen LogP contribution in [0.1, 0.15) is 22.2 Å². The molecule has 0 aliphatic heterocycles. The van der Waals surface area contributed by atoms with Crippen molar-refractivity contribution < 1.29 is 9.53 Å². The van der Waals surface area contributed by atoms with E-state index in [1.807, 2.05) is 25.1 Å². The summed E-state index contributed by atoms with van der Waals surface area (Å²) in [6.45, 7) is 2.04. The molecule has 1 aromatic carbocycles. The number of carbonyl (C=O) groups excluding carboxylic acids is 1. The highest BCUT2D eigenvalue weighted by molar-refractivity contribution is 14.1. The Morgan fingerprint density at radius 2 is 2.20 bits per heavy atom. The predicted molar refractivity (Wildman–Crippen MR) is 95.3 cm³/mol. The zero-order valence-corrected chi connectivity index (χ0v) is 15.6. The van der Waals surface area contributed by atoms with E-state index >= 15 is 0 Å². The smallest absolute Gasteiger partial charge is 0.350 e. The van der Waals surface area contributed by atoms with Crippen molar-refractivity contribution >= 4 is 61.5 Å². The molecule has 2 rings (SSSR count). The molecule has 0 saturated heterocycles. The Kier molecular flexibility index (Phi) is 5.09. The quantitative estimate of drug-likeness (QED) is 0.527. The summed E-state index contributed by atoms with van der Waals surface area (Å²) in [6, 6.07) is 6.08. The van der Waals surface area contributed by atoms with E-state index in [1.54, 1.807) is 0 Å². The third kappa shape index (κ3) is 2.87. The van der Waals surface area contributed by atoms with E-state index in [4.69, 9.17) is 10.5 Å². The van der Waals surface area contributed by atoms with Gasteiger partial charge in [-0.05, 0) is 52.8 Å². The molecule has 0 aliphatic rings. The minimum Gasteiger partial charge on any atom is -0.465 e. The van der Waals surface area contributed by atoms with Gasteiger partial charge in [0, 0.05) is 18.5 Å². The lowest BCUT2D eigenvalue weighted by molar-refractivity contribution is 0.0607. The first-order valence-corrected chi connectivity index (χ1v) is 8.63. The molecule has 6 heteroatoms. The molecule has 1 heterocycles. The van der Waals surface area contributed by atoms with Gasteiger partial charge in [0.15, 0.2) is 0 Å². The average molecular weight is 466 g/mol. The highest BCUT2D eigenvalue weighted by Gasteiger charge is 2.22. The zero-order valence-electron chi connectivity index (χ0n) is 11.0. The van der Waals surface area contributed by atoms with Crippen LogP contribution < -0.4 is 5.73 Å². The Labute approximate surface area is 143 Å². The van der Waals surface area contributed by atoms with Crippen molar-refractivity contribution in [2.75, 3.05) is 12.8 Å². The molecule has 0 radical (unpaired) electrons. The van der Waals surface area contributed by atoms with Crippen molar-refractivity contribution in [2.24, 2.45) is 0 Å². The molecular weight excluding hydrogens is 453 g/mol. The van der Waals surface area contributed by atoms with Crippen LogP contribution in [-0.2, 0) is 11.2 Å². The van der Waals surface area contributed by atoms with Gasteiger partial charge in [-0.25, -0.2) is 4.79 Å². The molecule has 0 atom stereocenters. The van der Waals surface area contributed by atoms with Crippen molar-refractivity contribution in [1.82, 2.24) is 0 Å². The molecule has 2 N–H and O–H groups in total. The second-order valence-corrected chi connectivity index (χ2v) is 7.22. The third-order valence-electron chi connectivity index (χ3n) is 2.95. The number of ether oxygens (including phenoxy) is 1. The number of carbonyl (C=O) groups is 1. The van der Waals surface area contributed by atoms with E-state index < -0.39 is 0 Å². The van der Waals surface area contributed by atoms with Gasteiger partial charge in [-0.15, -0.1) is 11.3 Å². The largest absolute Gasteiger partial charge is 0.465 e. The molecule has 1 aromatic heterocycles. The average Bonchev–Trinajstić information content (AvgIpc) is 2.77. The van der Waals surface area contributed by atoms with Gasteiger partial charge in [-0.2, -0.15) is 0 Å². The number of benzene rings is 1. The molecule has 0 amide bonds. The number of rotatable bonds is 3. The molecule has 3 nitrogen and oxygen atoms in total. The monoisotopic (exact) mass is 465 g/mol. The number of halogens is 2. The summed E-state index contributed by atoms with van der Waals surface area (Å²) < 4.78 is 6.92. The molecule has 0 bridgehead atoms. The maximum absolute atomic E-state index is 11.8. The van der Waals surface area contributed by atoms with Gasteiger partial charge >= 0.3 is 5.97 Å². The van der Waals surface area contributed by atoms with Gasteiger partial charge in [-0.3, -0.25) is 0 Å². The fraction of sp³-hybridized carbons (Fsp3) is 0.214. The second-order valence-electron chi connectivity index (χ2n) is 4.12. The van der Waals surface area contributed by atoms with E-state index in [0.717, 1.165) is 30.5 Å². The van der Waals surface area contributed by atoms with Gasteiger partial charge in [0.25, 0.3) is 0 Å². The third-order valence-corrected chi connectivity index (χ3v) is 5.64. The van der Waals surface area contributed by atoms with Gasteiger partial charge in [0.05, 0.1) is 12.8 Å². The number of anilines is 1. The Hall–Kier alpha value is -0.600. The first-order chi connectivity index (χ1) is 9.49. The first kappa shape index (κ1) is 15.8. The minimum atomic E-state index is -0.376. The Morgan fingerprint density at radius 3 is 2.80 bits per heavy atom. The number of nitrogen functional groups attached to an aromatic ring is 1. The van der Waals surface area contributed by atoms with Crippen LogP contribution in [0.4, 0.5) is 5.69 Å². The van der Waals surface area contributed by atoms with Crippen LogP contribution in [-0.4, -0.2) is 13.1 Å². The summed E-state index contributed by atoms with van der Waals surface area (Å²) in [5.41, 5.74) is 8.74. The van der Waals surface area contributed by atoms with Crippen molar-refractivity contribution in [2.45, 2.75) is 13.3 Å². The standard InChI is InChI=1S/C14H13BrINO2S/c1-3-8-11(17)13(14(18)19-2)20-12(8)9-6-7(15)4-5-10(9)16/h4-6H,3,17H2,1-2H3. The van der Waals surface area contributed by atoms with Crippen LogP contribution in [0.2, 0.25) is 0 Å². The number of methoxy groups -OCH3 is 1. The molecular formula is C14H13BrINO2S. The summed E-state index contributed by atoms with van der Waals surface area (Å²) in [5, 5.41) is 0. The maximum Gasteiger partial charge on any atom is 0.350 e. The van der Waals surface area contributed by atoms with Gasteiger partial charge in [-0.1, -0.05) is 22.9 Å². The zero-order chi connectivity index (χ0) is 14.9. The van der Waals surface area contributed by atoms with E-state index in [9.17, 15) is 4.79 Å². The summed E-state index contributed by atoms with van der Waals surface area (Å²) in [7, 11) is 1.37. The first-order valence-electron chi connectivity index (χ1n) is 5.94. The number of esters is 1. The molecule has 106 valence electrons. The van der Waals surface area contributed by atoms with Crippen molar-refractivity contribution in [3.05, 3.63) is 36.7 Å². The molecule has 0 unspecified atom stereocenters. The van der Waals surface area contributed by atoms with Crippen LogP contribution in [0, 0.1) is 3.57 Å². The molecule has 0 spiro atoms. The van der Waals surface area contributed by atoms with E-state index in [-0.39, 0.29) is 5.97 Å². The minimum absolute atomic E-state index is 0.376. The second kappa shape index (κ2) is 6.44. The van der Waals surface area contributed by atoms with Crippen LogP contribution in [0.3, 0.4) is 0 Å². The summed E-state index contributed by atoms with van der Waals surface area (Å²) in [4.78, 5) is 13.3. The molecule has 0 saturated carbocycles. The molecule has 0 fully saturated rings. The Balaban J connectivity index is 2.68. The lowest BCUT2D eigenvalue weighted by Gasteiger charge is -2.06. The molecule has 0 aliphatic carbocycles. The SMILES string of the molecule is CCc1c(-c2cc(Br)ccc2I)sc(C(=O)OC)c1N. The normalized spacial score (nSPS) is 10.6. The van der Waals surface area contributed by atoms with Gasteiger partial charge in [0.2, 0.25) is 0 Å². The predicted octanol–water partition coefficient (Wildman–Crippen LogP) is 4.71. The van der Waals surface area contributed by atoms with Crippen LogP contribution in [0.5, 0.6) is 0 Å². The number of thiophene rings is 1. The van der Waals surface area contributed by atoms with E-state index in [1.165, 1.54) is 18.4 Å². The fourth-order valence-corrected chi connectivity index (χ4v) is 4.37. The Morgan fingerprint density at radius 1 is 1.50 bits per heavy atom. The number of hydrogen-bond donors (Lipinski definition) is 1. The molecule has 20 heavy (non-hydrogen) atoms. The van der Waals surface area contributed by atoms with Crippen molar-refractivity contribution in [1.29, 1.82) is 0 Å². The van der Waals surface area contributed by atoms with E-state index in [0.29, 0.717) is 10.6 Å². The Bertz CT molecular complexity index is 669. The van der Waals surface area contributed by atoms with Gasteiger partial charge < -0.3 is 10.5 Å². The highest BCUT2D eigenvalue weighted by Crippen LogP contribution is 2.41. The number of nitrogens with two attached hydrogens (primary N) is 1. The summed E-state index contributed by atoms with van der Waals surface area (Å²) in [6.07, 6.45) is 0.775. The van der Waals surface area contributed by atoms with Crippen LogP contribution >= 0.6 is 49.9 Å². The summed E-state index contributed by atoms with van der Waals surface area (Å²) >= 11 is 7.17. The number of hydrogen-bond acceptors (Lipinski definition) is 4.